The number of thioether (sulfide) groups is 1. The fourth-order valence-corrected chi connectivity index (χ4v) is 2.88. The summed E-state index contributed by atoms with van der Waals surface area (Å²) >= 11 is 1.68. The number of anilines is 1. The lowest BCUT2D eigenvalue weighted by Gasteiger charge is -2.12. The summed E-state index contributed by atoms with van der Waals surface area (Å²) in [5.74, 6) is 1.81. The number of hydrogen-bond acceptors (Lipinski definition) is 4. The number of methoxy groups -OCH3 is 1. The van der Waals surface area contributed by atoms with E-state index in [1.165, 1.54) is 0 Å². The first-order chi connectivity index (χ1) is 8.19. The standard InChI is InChI=1S/C12H16N2O2S/c1-16-10-6-8(13)2-4-11(10)17-7-9-3-5-12(15)14-9/h2,4,6,9H,3,5,7,13H2,1H3,(H,14,15). The highest BCUT2D eigenvalue weighted by molar-refractivity contribution is 7.99. The number of carbonyl (C=O) groups is 1. The van der Waals surface area contributed by atoms with E-state index in [4.69, 9.17) is 10.5 Å². The lowest BCUT2D eigenvalue weighted by Crippen LogP contribution is -2.27. The van der Waals surface area contributed by atoms with Gasteiger partial charge in [-0.25, -0.2) is 0 Å². The van der Waals surface area contributed by atoms with E-state index in [1.54, 1.807) is 18.9 Å². The maximum atomic E-state index is 11.1. The third kappa shape index (κ3) is 3.06. The third-order valence-electron chi connectivity index (χ3n) is 2.71. The smallest absolute Gasteiger partial charge is 0.220 e. The predicted molar refractivity (Wildman–Crippen MR) is 69.3 cm³/mol. The quantitative estimate of drug-likeness (QED) is 0.631. The van der Waals surface area contributed by atoms with Crippen LogP contribution in [-0.2, 0) is 4.79 Å². The van der Waals surface area contributed by atoms with Gasteiger partial charge in [0.05, 0.1) is 7.11 Å². The molecule has 5 heteroatoms. The Morgan fingerprint density at radius 2 is 2.41 bits per heavy atom. The molecule has 2 rings (SSSR count). The summed E-state index contributed by atoms with van der Waals surface area (Å²) in [5, 5.41) is 2.95. The zero-order valence-electron chi connectivity index (χ0n) is 9.73. The summed E-state index contributed by atoms with van der Waals surface area (Å²) in [6.07, 6.45) is 1.56. The van der Waals surface area contributed by atoms with Gasteiger partial charge in [-0.3, -0.25) is 4.79 Å². The van der Waals surface area contributed by atoms with Gasteiger partial charge in [0.25, 0.3) is 0 Å². The molecule has 1 unspecified atom stereocenters. The van der Waals surface area contributed by atoms with Crippen LogP contribution < -0.4 is 15.8 Å². The Labute approximate surface area is 105 Å². The highest BCUT2D eigenvalue weighted by Gasteiger charge is 2.20. The molecule has 3 N–H and O–H groups in total. The van der Waals surface area contributed by atoms with Crippen LogP contribution in [0.2, 0.25) is 0 Å². The molecule has 0 saturated carbocycles. The van der Waals surface area contributed by atoms with Gasteiger partial charge < -0.3 is 15.8 Å². The van der Waals surface area contributed by atoms with E-state index in [0.717, 1.165) is 22.8 Å². The van der Waals surface area contributed by atoms with Crippen LogP contribution in [0.15, 0.2) is 23.1 Å². The average molecular weight is 252 g/mol. The van der Waals surface area contributed by atoms with Crippen LogP contribution in [0, 0.1) is 0 Å². The summed E-state index contributed by atoms with van der Waals surface area (Å²) < 4.78 is 5.27. The number of ether oxygens (including phenoxy) is 1. The minimum Gasteiger partial charge on any atom is -0.496 e. The fraction of sp³-hybridized carbons (Fsp3) is 0.417. The average Bonchev–Trinajstić information content (AvgIpc) is 2.73. The fourth-order valence-electron chi connectivity index (χ4n) is 1.80. The molecule has 0 radical (unpaired) electrons. The van der Waals surface area contributed by atoms with Gasteiger partial charge in [-0.2, -0.15) is 0 Å². The number of hydrogen-bond donors (Lipinski definition) is 2. The van der Waals surface area contributed by atoms with Gasteiger partial charge in [-0.1, -0.05) is 0 Å². The molecule has 1 aliphatic rings. The van der Waals surface area contributed by atoms with Crippen molar-refractivity contribution in [3.8, 4) is 5.75 Å². The highest BCUT2D eigenvalue weighted by Crippen LogP contribution is 2.32. The Morgan fingerprint density at radius 1 is 1.59 bits per heavy atom. The Kier molecular flexibility index (Phi) is 3.78. The van der Waals surface area contributed by atoms with E-state index in [2.05, 4.69) is 5.32 Å². The first-order valence-electron chi connectivity index (χ1n) is 5.54. The van der Waals surface area contributed by atoms with Crippen molar-refractivity contribution in [3.63, 3.8) is 0 Å². The van der Waals surface area contributed by atoms with Crippen molar-refractivity contribution in [1.82, 2.24) is 5.32 Å². The Hall–Kier alpha value is -1.36. The monoisotopic (exact) mass is 252 g/mol. The zero-order chi connectivity index (χ0) is 12.3. The Balaban J connectivity index is 1.96. The number of amides is 1. The lowest BCUT2D eigenvalue weighted by atomic mass is 10.2. The summed E-state index contributed by atoms with van der Waals surface area (Å²) in [6, 6.07) is 5.90. The van der Waals surface area contributed by atoms with Gasteiger partial charge in [-0.15, -0.1) is 11.8 Å². The Morgan fingerprint density at radius 3 is 3.06 bits per heavy atom. The van der Waals surface area contributed by atoms with Crippen LogP contribution in [0.3, 0.4) is 0 Å². The molecular formula is C12H16N2O2S. The maximum Gasteiger partial charge on any atom is 0.220 e. The minimum atomic E-state index is 0.153. The van der Waals surface area contributed by atoms with Crippen molar-refractivity contribution in [2.24, 2.45) is 0 Å². The second-order valence-corrected chi connectivity index (χ2v) is 5.09. The molecule has 1 aromatic rings. The molecule has 1 heterocycles. The molecule has 1 aromatic carbocycles. The summed E-state index contributed by atoms with van der Waals surface area (Å²) in [5.41, 5.74) is 6.39. The van der Waals surface area contributed by atoms with E-state index < -0.39 is 0 Å². The summed E-state index contributed by atoms with van der Waals surface area (Å²) in [4.78, 5) is 12.1. The zero-order valence-corrected chi connectivity index (χ0v) is 10.5. The van der Waals surface area contributed by atoms with Crippen molar-refractivity contribution in [2.45, 2.75) is 23.8 Å². The number of nitrogen functional groups attached to an aromatic ring is 1. The van der Waals surface area contributed by atoms with Gasteiger partial charge in [0.1, 0.15) is 5.75 Å². The molecule has 0 bridgehead atoms. The van der Waals surface area contributed by atoms with Crippen molar-refractivity contribution in [2.75, 3.05) is 18.6 Å². The van der Waals surface area contributed by atoms with Gasteiger partial charge in [-0.05, 0) is 18.6 Å². The van der Waals surface area contributed by atoms with E-state index in [0.29, 0.717) is 12.1 Å². The van der Waals surface area contributed by atoms with Crippen LogP contribution in [0.5, 0.6) is 5.75 Å². The second kappa shape index (κ2) is 5.31. The van der Waals surface area contributed by atoms with E-state index in [-0.39, 0.29) is 11.9 Å². The van der Waals surface area contributed by atoms with Gasteiger partial charge >= 0.3 is 0 Å². The summed E-state index contributed by atoms with van der Waals surface area (Å²) in [7, 11) is 1.64. The van der Waals surface area contributed by atoms with Crippen molar-refractivity contribution < 1.29 is 9.53 Å². The Bertz CT molecular complexity index is 423. The molecular weight excluding hydrogens is 236 g/mol. The van der Waals surface area contributed by atoms with E-state index in [9.17, 15) is 4.79 Å². The maximum absolute atomic E-state index is 11.1. The largest absolute Gasteiger partial charge is 0.496 e. The first kappa shape index (κ1) is 12.1. The predicted octanol–water partition coefficient (Wildman–Crippen LogP) is 1.65. The molecule has 0 aliphatic carbocycles. The van der Waals surface area contributed by atoms with E-state index in [1.807, 2.05) is 18.2 Å². The third-order valence-corrected chi connectivity index (χ3v) is 3.93. The molecule has 1 atom stereocenters. The molecule has 0 aromatic heterocycles. The normalized spacial score (nSPS) is 19.1. The lowest BCUT2D eigenvalue weighted by molar-refractivity contribution is -0.119. The first-order valence-corrected chi connectivity index (χ1v) is 6.53. The topological polar surface area (TPSA) is 64.3 Å². The van der Waals surface area contributed by atoms with Gasteiger partial charge in [0.15, 0.2) is 0 Å². The molecule has 92 valence electrons. The minimum absolute atomic E-state index is 0.153. The van der Waals surface area contributed by atoms with Crippen LogP contribution in [0.25, 0.3) is 0 Å². The number of nitrogens with one attached hydrogen (secondary N) is 1. The molecule has 1 aliphatic heterocycles. The van der Waals surface area contributed by atoms with Crippen LogP contribution >= 0.6 is 11.8 Å². The molecule has 1 amide bonds. The molecule has 17 heavy (non-hydrogen) atoms. The van der Waals surface area contributed by atoms with E-state index >= 15 is 0 Å². The summed E-state index contributed by atoms with van der Waals surface area (Å²) in [6.45, 7) is 0. The van der Waals surface area contributed by atoms with Crippen molar-refractivity contribution in [1.29, 1.82) is 0 Å². The molecule has 1 fully saturated rings. The molecule has 1 saturated heterocycles. The van der Waals surface area contributed by atoms with Gasteiger partial charge in [0, 0.05) is 34.9 Å². The van der Waals surface area contributed by atoms with Crippen LogP contribution in [0.4, 0.5) is 5.69 Å². The van der Waals surface area contributed by atoms with Crippen molar-refractivity contribution in [3.05, 3.63) is 18.2 Å². The second-order valence-electron chi connectivity index (χ2n) is 4.02. The van der Waals surface area contributed by atoms with Crippen molar-refractivity contribution >= 4 is 23.4 Å². The number of benzene rings is 1. The number of rotatable bonds is 4. The van der Waals surface area contributed by atoms with Crippen LogP contribution in [0.1, 0.15) is 12.8 Å². The highest BCUT2D eigenvalue weighted by atomic mass is 32.2. The molecule has 0 spiro atoms. The number of carbonyl (C=O) groups excluding carboxylic acids is 1. The van der Waals surface area contributed by atoms with Crippen LogP contribution in [-0.4, -0.2) is 24.8 Å². The van der Waals surface area contributed by atoms with Gasteiger partial charge in [0.2, 0.25) is 5.91 Å². The number of nitrogens with two attached hydrogens (primary N) is 1. The SMILES string of the molecule is COc1cc(N)ccc1SCC1CCC(=O)N1. The molecule has 4 nitrogen and oxygen atoms in total.